The minimum absolute atomic E-state index is 0. The largest absolute Gasteiger partial charge is 0.379 e. The van der Waals surface area contributed by atoms with E-state index in [0.717, 1.165) is 25.9 Å². The van der Waals surface area contributed by atoms with Crippen molar-refractivity contribution in [3.05, 3.63) is 0 Å². The van der Waals surface area contributed by atoms with Gasteiger partial charge in [0.25, 0.3) is 0 Å². The number of rotatable bonds is 6. The molecular formula is C13H29IN4O2. The van der Waals surface area contributed by atoms with Gasteiger partial charge in [-0.2, -0.15) is 0 Å². The fraction of sp³-hybridized carbons (Fsp3) is 0.923. The van der Waals surface area contributed by atoms with Gasteiger partial charge in [0, 0.05) is 19.1 Å². The van der Waals surface area contributed by atoms with Crippen LogP contribution in [0, 0.1) is 0 Å². The Morgan fingerprint density at radius 3 is 2.35 bits per heavy atom. The van der Waals surface area contributed by atoms with E-state index in [2.05, 4.69) is 4.90 Å². The van der Waals surface area contributed by atoms with Gasteiger partial charge in [-0.15, -0.1) is 24.0 Å². The first-order chi connectivity index (χ1) is 8.95. The highest BCUT2D eigenvalue weighted by Crippen LogP contribution is 2.25. The van der Waals surface area contributed by atoms with Crippen molar-refractivity contribution in [2.24, 2.45) is 11.5 Å². The zero-order valence-corrected chi connectivity index (χ0v) is 15.1. The summed E-state index contributed by atoms with van der Waals surface area (Å²) in [5.41, 5.74) is 11.4. The first kappa shape index (κ1) is 19.9. The van der Waals surface area contributed by atoms with Gasteiger partial charge < -0.3 is 21.1 Å². The van der Waals surface area contributed by atoms with Crippen molar-refractivity contribution in [2.45, 2.75) is 45.2 Å². The number of amides is 2. The molecule has 0 aliphatic carbocycles. The zero-order valence-electron chi connectivity index (χ0n) is 12.8. The predicted octanol–water partition coefficient (Wildman–Crippen LogP) is 1.18. The van der Waals surface area contributed by atoms with Crippen molar-refractivity contribution < 1.29 is 9.53 Å². The summed E-state index contributed by atoms with van der Waals surface area (Å²) < 4.78 is 5.32. The van der Waals surface area contributed by atoms with Crippen molar-refractivity contribution >= 4 is 30.0 Å². The highest BCUT2D eigenvalue weighted by Gasteiger charge is 2.38. The first-order valence-electron chi connectivity index (χ1n) is 7.08. The lowest BCUT2D eigenvalue weighted by Gasteiger charge is -2.46. The van der Waals surface area contributed by atoms with Gasteiger partial charge in [-0.05, 0) is 19.8 Å². The third-order valence-electron chi connectivity index (χ3n) is 4.28. The summed E-state index contributed by atoms with van der Waals surface area (Å²) in [6.07, 6.45) is 1.60. The second-order valence-electron chi connectivity index (χ2n) is 5.36. The molecule has 0 saturated carbocycles. The molecule has 1 fully saturated rings. The molecule has 7 heteroatoms. The quantitative estimate of drug-likeness (QED) is 0.656. The minimum Gasteiger partial charge on any atom is -0.379 e. The van der Waals surface area contributed by atoms with E-state index in [4.69, 9.17) is 16.2 Å². The standard InChI is InChI=1S/C13H28N4O2.HI/c1-4-11(14)13(3,5-2)17(12(15)18)10-16-6-8-19-9-7-16;/h11H,4-10,14H2,1-3H3,(H2,15,18);1H. The van der Waals surface area contributed by atoms with Gasteiger partial charge in [0.2, 0.25) is 0 Å². The number of morpholine rings is 1. The van der Waals surface area contributed by atoms with Crippen molar-refractivity contribution in [1.29, 1.82) is 0 Å². The average Bonchev–Trinajstić information content (AvgIpc) is 2.43. The summed E-state index contributed by atoms with van der Waals surface area (Å²) in [7, 11) is 0. The summed E-state index contributed by atoms with van der Waals surface area (Å²) in [5.74, 6) is 0. The molecule has 4 N–H and O–H groups in total. The Balaban J connectivity index is 0.00000361. The second kappa shape index (κ2) is 9.01. The molecule has 120 valence electrons. The summed E-state index contributed by atoms with van der Waals surface area (Å²) in [4.78, 5) is 15.7. The van der Waals surface area contributed by atoms with E-state index >= 15 is 0 Å². The number of urea groups is 1. The maximum Gasteiger partial charge on any atom is 0.316 e. The molecule has 1 saturated heterocycles. The lowest BCUT2D eigenvalue weighted by atomic mass is 9.86. The summed E-state index contributed by atoms with van der Waals surface area (Å²) in [6.45, 7) is 9.68. The normalized spacial score (nSPS) is 20.6. The molecule has 0 radical (unpaired) electrons. The van der Waals surface area contributed by atoms with Gasteiger partial charge in [0.15, 0.2) is 0 Å². The number of primary amides is 1. The smallest absolute Gasteiger partial charge is 0.316 e. The van der Waals surface area contributed by atoms with Crippen LogP contribution in [0.15, 0.2) is 0 Å². The Morgan fingerprint density at radius 1 is 1.40 bits per heavy atom. The maximum atomic E-state index is 11.8. The Hall–Kier alpha value is -0.120. The van der Waals surface area contributed by atoms with E-state index in [1.165, 1.54) is 0 Å². The molecule has 2 amide bonds. The Morgan fingerprint density at radius 2 is 1.95 bits per heavy atom. The van der Waals surface area contributed by atoms with Crippen molar-refractivity contribution in [3.63, 3.8) is 0 Å². The predicted molar refractivity (Wildman–Crippen MR) is 91.1 cm³/mol. The van der Waals surface area contributed by atoms with E-state index in [-0.39, 0.29) is 30.0 Å². The zero-order chi connectivity index (χ0) is 14.5. The topological polar surface area (TPSA) is 84.8 Å². The molecule has 1 aliphatic heterocycles. The molecule has 0 aromatic rings. The van der Waals surface area contributed by atoms with Crippen molar-refractivity contribution in [2.75, 3.05) is 33.0 Å². The minimum atomic E-state index is -0.404. The lowest BCUT2D eigenvalue weighted by Crippen LogP contribution is -2.63. The molecular weight excluding hydrogens is 371 g/mol. The van der Waals surface area contributed by atoms with Gasteiger partial charge >= 0.3 is 6.03 Å². The van der Waals surface area contributed by atoms with Crippen LogP contribution in [0.1, 0.15) is 33.6 Å². The highest BCUT2D eigenvalue weighted by atomic mass is 127. The van der Waals surface area contributed by atoms with E-state index < -0.39 is 11.6 Å². The van der Waals surface area contributed by atoms with Crippen LogP contribution in [0.2, 0.25) is 0 Å². The molecule has 0 spiro atoms. The number of hydrogen-bond acceptors (Lipinski definition) is 4. The number of carbonyl (C=O) groups is 1. The van der Waals surface area contributed by atoms with Crippen molar-refractivity contribution in [1.82, 2.24) is 9.80 Å². The van der Waals surface area contributed by atoms with Gasteiger partial charge in [0.05, 0.1) is 25.4 Å². The summed E-state index contributed by atoms with van der Waals surface area (Å²) >= 11 is 0. The second-order valence-corrected chi connectivity index (χ2v) is 5.36. The van der Waals surface area contributed by atoms with Gasteiger partial charge in [-0.25, -0.2) is 4.79 Å². The van der Waals surface area contributed by atoms with E-state index in [1.807, 2.05) is 20.8 Å². The Bertz CT molecular complexity index is 300. The molecule has 1 heterocycles. The number of halogens is 1. The van der Waals surface area contributed by atoms with Crippen LogP contribution >= 0.6 is 24.0 Å². The van der Waals surface area contributed by atoms with E-state index in [9.17, 15) is 4.79 Å². The Kier molecular flexibility index (Phi) is 8.96. The van der Waals surface area contributed by atoms with Crippen LogP contribution in [0.4, 0.5) is 4.79 Å². The summed E-state index contributed by atoms with van der Waals surface area (Å²) in [5, 5.41) is 0. The lowest BCUT2D eigenvalue weighted by molar-refractivity contribution is -0.00841. The third kappa shape index (κ3) is 4.71. The molecule has 1 aliphatic rings. The van der Waals surface area contributed by atoms with Crippen LogP contribution in [0.3, 0.4) is 0 Å². The molecule has 2 unspecified atom stereocenters. The van der Waals surface area contributed by atoms with Crippen LogP contribution in [0.5, 0.6) is 0 Å². The van der Waals surface area contributed by atoms with Crippen LogP contribution in [-0.4, -0.2) is 60.4 Å². The van der Waals surface area contributed by atoms with Crippen LogP contribution < -0.4 is 11.5 Å². The molecule has 0 aromatic heterocycles. The molecule has 2 atom stereocenters. The maximum absolute atomic E-state index is 11.8. The third-order valence-corrected chi connectivity index (χ3v) is 4.28. The number of nitrogens with zero attached hydrogens (tertiary/aromatic N) is 2. The molecule has 1 rings (SSSR count). The van der Waals surface area contributed by atoms with Gasteiger partial charge in [-0.1, -0.05) is 13.8 Å². The number of carbonyl (C=O) groups excluding carboxylic acids is 1. The Labute approximate surface area is 139 Å². The van der Waals surface area contributed by atoms with E-state index in [1.54, 1.807) is 4.90 Å². The van der Waals surface area contributed by atoms with E-state index in [0.29, 0.717) is 19.9 Å². The fourth-order valence-corrected chi connectivity index (χ4v) is 2.52. The number of ether oxygens (including phenoxy) is 1. The monoisotopic (exact) mass is 400 g/mol. The molecule has 0 aromatic carbocycles. The first-order valence-corrected chi connectivity index (χ1v) is 7.08. The molecule has 20 heavy (non-hydrogen) atoms. The summed E-state index contributed by atoms with van der Waals surface area (Å²) in [6, 6.07) is -0.481. The average molecular weight is 400 g/mol. The molecule has 0 bridgehead atoms. The van der Waals surface area contributed by atoms with Crippen LogP contribution in [-0.2, 0) is 4.74 Å². The SMILES string of the molecule is CCC(N)C(C)(CC)N(CN1CCOCC1)C(N)=O.I. The van der Waals surface area contributed by atoms with Crippen molar-refractivity contribution in [3.8, 4) is 0 Å². The van der Waals surface area contributed by atoms with Gasteiger partial charge in [-0.3, -0.25) is 4.90 Å². The molecule has 6 nitrogen and oxygen atoms in total. The van der Waals surface area contributed by atoms with Crippen LogP contribution in [0.25, 0.3) is 0 Å². The highest BCUT2D eigenvalue weighted by molar-refractivity contribution is 14.0. The number of hydrogen-bond donors (Lipinski definition) is 2. The number of nitrogens with two attached hydrogens (primary N) is 2. The van der Waals surface area contributed by atoms with Gasteiger partial charge in [0.1, 0.15) is 0 Å². The fourth-order valence-electron chi connectivity index (χ4n) is 2.52.